The van der Waals surface area contributed by atoms with Crippen LogP contribution in [0, 0.1) is 11.3 Å². The summed E-state index contributed by atoms with van der Waals surface area (Å²) in [6.45, 7) is 0. The summed E-state index contributed by atoms with van der Waals surface area (Å²) in [5.74, 6) is 1.67. The fourth-order valence-electron chi connectivity index (χ4n) is 9.90. The average Bonchev–Trinajstić information content (AvgIpc) is 3.94. The van der Waals surface area contributed by atoms with E-state index >= 15 is 0 Å². The van der Waals surface area contributed by atoms with Crippen molar-refractivity contribution < 1.29 is 8.83 Å². The molecule has 1 fully saturated rings. The molecule has 0 N–H and O–H groups in total. The van der Waals surface area contributed by atoms with Crippen LogP contribution in [0.25, 0.3) is 100 Å². The Labute approximate surface area is 334 Å². The zero-order valence-electron chi connectivity index (χ0n) is 31.5. The normalized spacial score (nSPS) is 14.3. The number of hydrogen-bond donors (Lipinski definition) is 0. The van der Waals surface area contributed by atoms with E-state index in [-0.39, 0.29) is 5.41 Å². The summed E-state index contributed by atoms with van der Waals surface area (Å²) in [5, 5.41) is 14.0. The monoisotopic (exact) mass is 746 g/mol. The van der Waals surface area contributed by atoms with Crippen molar-refractivity contribution in [2.75, 3.05) is 0 Å². The van der Waals surface area contributed by atoms with Gasteiger partial charge in [0.25, 0.3) is 0 Å². The van der Waals surface area contributed by atoms with Crippen molar-refractivity contribution in [3.05, 3.63) is 162 Å². The van der Waals surface area contributed by atoms with Crippen LogP contribution in [-0.2, 0) is 5.41 Å². The van der Waals surface area contributed by atoms with Gasteiger partial charge in [-0.3, -0.25) is 0 Å². The van der Waals surface area contributed by atoms with Crippen LogP contribution < -0.4 is 0 Å². The van der Waals surface area contributed by atoms with E-state index in [0.29, 0.717) is 17.5 Å². The van der Waals surface area contributed by atoms with Crippen molar-refractivity contribution in [3.8, 4) is 62.5 Å². The largest absolute Gasteiger partial charge is 0.456 e. The first kappa shape index (κ1) is 32.8. The van der Waals surface area contributed by atoms with E-state index in [1.165, 1.54) is 47.1 Å². The number of hydrogen-bond acceptors (Lipinski definition) is 6. The van der Waals surface area contributed by atoms with Crippen LogP contribution in [0.2, 0.25) is 0 Å². The summed E-state index contributed by atoms with van der Waals surface area (Å²) in [4.78, 5) is 15.2. The van der Waals surface area contributed by atoms with Gasteiger partial charge >= 0.3 is 0 Å². The maximum Gasteiger partial charge on any atom is 0.167 e. The molecule has 0 radical (unpaired) electrons. The Morgan fingerprint density at radius 2 is 1.19 bits per heavy atom. The van der Waals surface area contributed by atoms with Crippen LogP contribution in [-0.4, -0.2) is 15.0 Å². The summed E-state index contributed by atoms with van der Waals surface area (Å²) in [6.07, 6.45) is 5.87. The summed E-state index contributed by atoms with van der Waals surface area (Å²) in [6, 6.07) is 52.5. The molecular formula is C52H34N4O2. The van der Waals surface area contributed by atoms with Crippen LogP contribution >= 0.6 is 0 Å². The van der Waals surface area contributed by atoms with Crippen molar-refractivity contribution in [2.45, 2.75) is 37.5 Å². The molecule has 12 rings (SSSR count). The van der Waals surface area contributed by atoms with Crippen molar-refractivity contribution in [1.82, 2.24) is 15.0 Å². The highest BCUT2D eigenvalue weighted by atomic mass is 16.3. The molecule has 1 spiro atoms. The van der Waals surface area contributed by atoms with Crippen molar-refractivity contribution >= 4 is 43.9 Å². The molecule has 0 aliphatic heterocycles. The fraction of sp³-hybridized carbons (Fsp3) is 0.115. The number of aromatic nitrogens is 3. The molecule has 274 valence electrons. The number of benzene rings is 7. The van der Waals surface area contributed by atoms with Gasteiger partial charge in [0.1, 0.15) is 22.3 Å². The topological polar surface area (TPSA) is 88.7 Å². The Hall–Kier alpha value is -7.36. The second kappa shape index (κ2) is 12.6. The number of fused-ring (bicyclic) bond motifs is 11. The molecule has 6 nitrogen and oxygen atoms in total. The minimum atomic E-state index is -0.0487. The highest BCUT2D eigenvalue weighted by Crippen LogP contribution is 2.58. The van der Waals surface area contributed by atoms with Crippen LogP contribution in [0.1, 0.15) is 48.8 Å². The molecule has 0 amide bonds. The molecule has 3 heterocycles. The maximum absolute atomic E-state index is 9.88. The van der Waals surface area contributed by atoms with Gasteiger partial charge in [-0.2, -0.15) is 5.26 Å². The minimum absolute atomic E-state index is 0.0487. The summed E-state index contributed by atoms with van der Waals surface area (Å²) in [5.41, 5.74) is 14.0. The minimum Gasteiger partial charge on any atom is -0.456 e. The number of furan rings is 2. The van der Waals surface area contributed by atoms with E-state index < -0.39 is 0 Å². The number of nitriles is 1. The zero-order valence-corrected chi connectivity index (χ0v) is 31.5. The molecule has 0 atom stereocenters. The lowest BCUT2D eigenvalue weighted by Crippen LogP contribution is -2.28. The van der Waals surface area contributed by atoms with Gasteiger partial charge in [0.15, 0.2) is 17.5 Å². The third-order valence-electron chi connectivity index (χ3n) is 12.6. The van der Waals surface area contributed by atoms with Crippen molar-refractivity contribution in [3.63, 3.8) is 0 Å². The van der Waals surface area contributed by atoms with E-state index in [0.717, 1.165) is 84.5 Å². The van der Waals surface area contributed by atoms with Gasteiger partial charge in [-0.05, 0) is 94.8 Å². The second-order valence-corrected chi connectivity index (χ2v) is 15.7. The Bertz CT molecular complexity index is 3350. The SMILES string of the molecule is N#Cc1ccc2c(c1)C1(CCCCC1)c1cccc(-c3ccc4oc5c(-c6nc(-c7ccccc7)nc(-c7ccc8c(c7)oc7ccccc78)n6)cccc5c4c3)c1-2. The molecule has 7 aromatic carbocycles. The van der Waals surface area contributed by atoms with Crippen molar-refractivity contribution in [1.29, 1.82) is 5.26 Å². The smallest absolute Gasteiger partial charge is 0.167 e. The fourth-order valence-corrected chi connectivity index (χ4v) is 9.90. The van der Waals surface area contributed by atoms with E-state index in [1.54, 1.807) is 0 Å². The lowest BCUT2D eigenvalue weighted by atomic mass is 9.67. The quantitative estimate of drug-likeness (QED) is 0.178. The summed E-state index contributed by atoms with van der Waals surface area (Å²) in [7, 11) is 0. The first-order valence-corrected chi connectivity index (χ1v) is 20.0. The standard InChI is InChI=1S/C52H34N4O2/c53-30-31-19-22-39-43(27-31)52(25-7-2-8-26-52)42-17-10-14-35(47(39)42)33-21-24-45-41(28-33)38-15-9-16-40(48(38)58-45)51-55-49(32-11-3-1-4-12-32)54-50(56-51)34-20-23-37-36-13-5-6-18-44(36)57-46(37)29-34/h1,3-6,9-24,27-29H,2,7-8,25-26H2. The second-order valence-electron chi connectivity index (χ2n) is 15.7. The predicted molar refractivity (Wildman–Crippen MR) is 230 cm³/mol. The zero-order chi connectivity index (χ0) is 38.4. The molecule has 0 bridgehead atoms. The number of para-hydroxylation sites is 2. The maximum atomic E-state index is 9.88. The van der Waals surface area contributed by atoms with Gasteiger partial charge in [-0.1, -0.05) is 116 Å². The Balaban J connectivity index is 1.01. The number of rotatable bonds is 4. The molecule has 6 heteroatoms. The average molecular weight is 747 g/mol. The Morgan fingerprint density at radius 1 is 0.466 bits per heavy atom. The molecule has 2 aliphatic carbocycles. The van der Waals surface area contributed by atoms with E-state index in [1.807, 2.05) is 66.7 Å². The summed E-state index contributed by atoms with van der Waals surface area (Å²) >= 11 is 0. The molecule has 58 heavy (non-hydrogen) atoms. The third-order valence-corrected chi connectivity index (χ3v) is 12.6. The molecule has 0 unspecified atom stereocenters. The molecule has 3 aromatic heterocycles. The van der Waals surface area contributed by atoms with Gasteiger partial charge in [-0.15, -0.1) is 0 Å². The highest BCUT2D eigenvalue weighted by Gasteiger charge is 2.44. The highest BCUT2D eigenvalue weighted by molar-refractivity contribution is 6.11. The Morgan fingerprint density at radius 3 is 2.07 bits per heavy atom. The lowest BCUT2D eigenvalue weighted by molar-refractivity contribution is 0.353. The van der Waals surface area contributed by atoms with E-state index in [4.69, 9.17) is 23.8 Å². The van der Waals surface area contributed by atoms with Crippen LogP contribution in [0.15, 0.2) is 154 Å². The molecule has 0 saturated heterocycles. The van der Waals surface area contributed by atoms with Gasteiger partial charge in [-0.25, -0.2) is 15.0 Å². The molecule has 1 saturated carbocycles. The summed E-state index contributed by atoms with van der Waals surface area (Å²) < 4.78 is 13.0. The van der Waals surface area contributed by atoms with Gasteiger partial charge in [0, 0.05) is 38.1 Å². The first-order valence-electron chi connectivity index (χ1n) is 20.0. The number of nitrogens with zero attached hydrogens (tertiary/aromatic N) is 4. The molecular weight excluding hydrogens is 713 g/mol. The third kappa shape index (κ3) is 4.86. The lowest BCUT2D eigenvalue weighted by Gasteiger charge is -2.36. The predicted octanol–water partition coefficient (Wildman–Crippen LogP) is 13.4. The Kier molecular flexibility index (Phi) is 7.12. The van der Waals surface area contributed by atoms with Crippen LogP contribution in [0.3, 0.4) is 0 Å². The van der Waals surface area contributed by atoms with Gasteiger partial charge in [0.05, 0.1) is 17.2 Å². The van der Waals surface area contributed by atoms with E-state index in [9.17, 15) is 5.26 Å². The van der Waals surface area contributed by atoms with Crippen LogP contribution in [0.5, 0.6) is 0 Å². The first-order chi connectivity index (χ1) is 28.6. The molecule has 10 aromatic rings. The molecule has 2 aliphatic rings. The van der Waals surface area contributed by atoms with Crippen LogP contribution in [0.4, 0.5) is 0 Å². The van der Waals surface area contributed by atoms with Gasteiger partial charge < -0.3 is 8.83 Å². The van der Waals surface area contributed by atoms with E-state index in [2.05, 4.69) is 84.9 Å². The van der Waals surface area contributed by atoms with Crippen molar-refractivity contribution in [2.24, 2.45) is 0 Å². The van der Waals surface area contributed by atoms with Gasteiger partial charge in [0.2, 0.25) is 0 Å².